The number of benzene rings is 2. The highest BCUT2D eigenvalue weighted by molar-refractivity contribution is 5.92. The summed E-state index contributed by atoms with van der Waals surface area (Å²) in [5, 5.41) is 8.14. The van der Waals surface area contributed by atoms with Gasteiger partial charge in [0.2, 0.25) is 0 Å². The van der Waals surface area contributed by atoms with Crippen LogP contribution in [0.25, 0.3) is 34.2 Å². The largest absolute Gasteiger partial charge is 0.277 e. The molecule has 25 heavy (non-hydrogen) atoms. The first kappa shape index (κ1) is 15.2. The molecule has 0 spiro atoms. The SMILES string of the molecule is Fc1ccc(F)c(/C=C/c2n[nH]c3cc(-c4ccncc4)ccc23)c1. The fourth-order valence-electron chi connectivity index (χ4n) is 2.70. The van der Waals surface area contributed by atoms with Crippen molar-refractivity contribution in [1.29, 1.82) is 0 Å². The Balaban J connectivity index is 1.70. The molecule has 0 aliphatic rings. The van der Waals surface area contributed by atoms with Crippen LogP contribution in [0.2, 0.25) is 0 Å². The molecule has 0 fully saturated rings. The molecule has 0 aliphatic carbocycles. The molecular weight excluding hydrogens is 320 g/mol. The highest BCUT2D eigenvalue weighted by Gasteiger charge is 2.06. The van der Waals surface area contributed by atoms with Crippen molar-refractivity contribution in [2.75, 3.05) is 0 Å². The van der Waals surface area contributed by atoms with Crippen LogP contribution in [-0.4, -0.2) is 15.2 Å². The minimum atomic E-state index is -0.477. The molecule has 0 atom stereocenters. The highest BCUT2D eigenvalue weighted by Crippen LogP contribution is 2.25. The Morgan fingerprint density at radius 2 is 1.68 bits per heavy atom. The van der Waals surface area contributed by atoms with E-state index in [1.807, 2.05) is 30.3 Å². The fourth-order valence-corrected chi connectivity index (χ4v) is 2.70. The second-order valence-electron chi connectivity index (χ2n) is 5.60. The van der Waals surface area contributed by atoms with Gasteiger partial charge in [0.15, 0.2) is 0 Å². The second-order valence-corrected chi connectivity index (χ2v) is 5.60. The standard InChI is InChI=1S/C20H13F2N3/c21-16-3-5-18(22)15(11-16)2-6-19-17-4-1-14(12-20(17)25-24-19)13-7-9-23-10-8-13/h1-12H,(H,24,25)/b6-2+. The van der Waals surface area contributed by atoms with E-state index in [0.717, 1.165) is 40.2 Å². The maximum absolute atomic E-state index is 13.7. The predicted molar refractivity (Wildman–Crippen MR) is 94.6 cm³/mol. The molecule has 0 saturated carbocycles. The third kappa shape index (κ3) is 3.04. The summed E-state index contributed by atoms with van der Waals surface area (Å²) in [5.74, 6) is -0.951. The van der Waals surface area contributed by atoms with E-state index in [4.69, 9.17) is 0 Å². The Morgan fingerprint density at radius 1 is 0.840 bits per heavy atom. The van der Waals surface area contributed by atoms with Crippen LogP contribution in [0.5, 0.6) is 0 Å². The predicted octanol–water partition coefficient (Wildman–Crippen LogP) is 5.07. The number of hydrogen-bond acceptors (Lipinski definition) is 2. The van der Waals surface area contributed by atoms with E-state index in [9.17, 15) is 8.78 Å². The molecule has 4 aromatic rings. The summed E-state index contributed by atoms with van der Waals surface area (Å²) in [6.07, 6.45) is 6.68. The Kier molecular flexibility index (Phi) is 3.82. The normalized spacial score (nSPS) is 11.4. The number of aromatic nitrogens is 3. The van der Waals surface area contributed by atoms with Gasteiger partial charge in [-0.3, -0.25) is 10.1 Å². The minimum Gasteiger partial charge on any atom is -0.277 e. The monoisotopic (exact) mass is 333 g/mol. The number of nitrogens with zero attached hydrogens (tertiary/aromatic N) is 2. The number of rotatable bonds is 3. The van der Waals surface area contributed by atoms with Gasteiger partial charge in [0.05, 0.1) is 11.2 Å². The summed E-state index contributed by atoms with van der Waals surface area (Å²) in [6, 6.07) is 13.2. The van der Waals surface area contributed by atoms with Crippen molar-refractivity contribution in [1.82, 2.24) is 15.2 Å². The summed E-state index contributed by atoms with van der Waals surface area (Å²) in [6.45, 7) is 0. The average molecular weight is 333 g/mol. The maximum Gasteiger partial charge on any atom is 0.130 e. The van der Waals surface area contributed by atoms with Gasteiger partial charge in [-0.2, -0.15) is 5.10 Å². The molecule has 3 nitrogen and oxygen atoms in total. The lowest BCUT2D eigenvalue weighted by atomic mass is 10.0. The van der Waals surface area contributed by atoms with Gasteiger partial charge >= 0.3 is 0 Å². The van der Waals surface area contributed by atoms with Crippen LogP contribution in [0.3, 0.4) is 0 Å². The number of fused-ring (bicyclic) bond motifs is 1. The van der Waals surface area contributed by atoms with Gasteiger partial charge < -0.3 is 0 Å². The van der Waals surface area contributed by atoms with Crippen LogP contribution in [0.4, 0.5) is 8.78 Å². The molecular formula is C20H13F2N3. The molecule has 0 amide bonds. The van der Waals surface area contributed by atoms with Gasteiger partial charge in [0.1, 0.15) is 11.6 Å². The molecule has 122 valence electrons. The van der Waals surface area contributed by atoms with E-state index in [2.05, 4.69) is 15.2 Å². The van der Waals surface area contributed by atoms with Gasteiger partial charge in [-0.15, -0.1) is 0 Å². The summed E-state index contributed by atoms with van der Waals surface area (Å²) >= 11 is 0. The first-order chi connectivity index (χ1) is 12.2. The number of hydrogen-bond donors (Lipinski definition) is 1. The molecule has 0 aliphatic heterocycles. The van der Waals surface area contributed by atoms with Gasteiger partial charge in [-0.05, 0) is 65.7 Å². The molecule has 0 radical (unpaired) electrons. The van der Waals surface area contributed by atoms with Gasteiger partial charge in [0, 0.05) is 23.3 Å². The lowest BCUT2D eigenvalue weighted by Gasteiger charge is -2.01. The van der Waals surface area contributed by atoms with Crippen LogP contribution in [0.1, 0.15) is 11.3 Å². The number of pyridine rings is 1. The van der Waals surface area contributed by atoms with E-state index in [1.165, 1.54) is 6.08 Å². The molecule has 1 N–H and O–H groups in total. The molecule has 2 heterocycles. The number of H-pyrrole nitrogens is 1. The third-order valence-electron chi connectivity index (χ3n) is 3.98. The smallest absolute Gasteiger partial charge is 0.130 e. The summed E-state index contributed by atoms with van der Waals surface area (Å²) in [5.41, 5.74) is 3.83. The molecule has 5 heteroatoms. The van der Waals surface area contributed by atoms with Gasteiger partial charge in [0.25, 0.3) is 0 Å². The summed E-state index contributed by atoms with van der Waals surface area (Å²) in [4.78, 5) is 4.02. The Hall–Kier alpha value is -3.34. The van der Waals surface area contributed by atoms with E-state index in [0.29, 0.717) is 5.69 Å². The summed E-state index contributed by atoms with van der Waals surface area (Å²) < 4.78 is 26.9. The first-order valence-electron chi connectivity index (χ1n) is 7.72. The lowest BCUT2D eigenvalue weighted by molar-refractivity contribution is 0.598. The van der Waals surface area contributed by atoms with Crippen molar-refractivity contribution in [2.24, 2.45) is 0 Å². The topological polar surface area (TPSA) is 41.6 Å². The molecule has 2 aromatic carbocycles. The molecule has 0 unspecified atom stereocenters. The van der Waals surface area contributed by atoms with Crippen molar-refractivity contribution >= 4 is 23.1 Å². The van der Waals surface area contributed by atoms with E-state index >= 15 is 0 Å². The van der Waals surface area contributed by atoms with E-state index < -0.39 is 11.6 Å². The highest BCUT2D eigenvalue weighted by atomic mass is 19.1. The van der Waals surface area contributed by atoms with Crippen LogP contribution >= 0.6 is 0 Å². The number of halogens is 2. The minimum absolute atomic E-state index is 0.185. The number of nitrogens with one attached hydrogen (secondary N) is 1. The Labute approximate surface area is 142 Å². The zero-order valence-electron chi connectivity index (χ0n) is 13.1. The van der Waals surface area contributed by atoms with Crippen molar-refractivity contribution in [2.45, 2.75) is 0 Å². The molecule has 0 bridgehead atoms. The lowest BCUT2D eigenvalue weighted by Crippen LogP contribution is -1.84. The number of aromatic amines is 1. The zero-order valence-corrected chi connectivity index (χ0v) is 13.1. The second kappa shape index (κ2) is 6.28. The Bertz CT molecular complexity index is 1070. The van der Waals surface area contributed by atoms with Crippen molar-refractivity contribution in [3.63, 3.8) is 0 Å². The van der Waals surface area contributed by atoms with Crippen molar-refractivity contribution in [3.05, 3.63) is 83.8 Å². The van der Waals surface area contributed by atoms with Gasteiger partial charge in [-0.25, -0.2) is 8.78 Å². The van der Waals surface area contributed by atoms with E-state index in [1.54, 1.807) is 18.5 Å². The third-order valence-corrected chi connectivity index (χ3v) is 3.98. The van der Waals surface area contributed by atoms with Crippen LogP contribution in [-0.2, 0) is 0 Å². The maximum atomic E-state index is 13.7. The van der Waals surface area contributed by atoms with Crippen LogP contribution < -0.4 is 0 Å². The molecule has 0 saturated heterocycles. The molecule has 2 aromatic heterocycles. The zero-order chi connectivity index (χ0) is 17.2. The molecule has 4 rings (SSSR count). The van der Waals surface area contributed by atoms with Crippen molar-refractivity contribution < 1.29 is 8.78 Å². The van der Waals surface area contributed by atoms with Crippen molar-refractivity contribution in [3.8, 4) is 11.1 Å². The fraction of sp³-hybridized carbons (Fsp3) is 0. The summed E-state index contributed by atoms with van der Waals surface area (Å²) in [7, 11) is 0. The first-order valence-corrected chi connectivity index (χ1v) is 7.72. The quantitative estimate of drug-likeness (QED) is 0.568. The van der Waals surface area contributed by atoms with E-state index in [-0.39, 0.29) is 5.56 Å². The van der Waals surface area contributed by atoms with Crippen LogP contribution in [0, 0.1) is 11.6 Å². The average Bonchev–Trinajstić information content (AvgIpc) is 3.05. The Morgan fingerprint density at radius 3 is 2.52 bits per heavy atom. The van der Waals surface area contributed by atoms with Gasteiger partial charge in [-0.1, -0.05) is 6.07 Å². The van der Waals surface area contributed by atoms with Crippen LogP contribution in [0.15, 0.2) is 60.9 Å².